The molecule has 1 aromatic heterocycles. The Labute approximate surface area is 87.5 Å². The number of likely N-dealkylation sites (tertiary alicyclic amines) is 1. The summed E-state index contributed by atoms with van der Waals surface area (Å²) in [5.41, 5.74) is 5.52. The quantitative estimate of drug-likeness (QED) is 0.769. The number of rotatable bonds is 3. The Bertz CT molecular complexity index is 255. The summed E-state index contributed by atoms with van der Waals surface area (Å²) in [7, 11) is 0. The average molecular weight is 213 g/mol. The molecule has 78 valence electrons. The summed E-state index contributed by atoms with van der Waals surface area (Å²) < 4.78 is 3.80. The van der Waals surface area contributed by atoms with Crippen molar-refractivity contribution >= 4 is 11.5 Å². The first kappa shape index (κ1) is 9.95. The van der Waals surface area contributed by atoms with Crippen molar-refractivity contribution in [3.05, 3.63) is 5.01 Å². The lowest BCUT2D eigenvalue weighted by Crippen LogP contribution is -2.36. The minimum absolute atomic E-state index is 0.573. The van der Waals surface area contributed by atoms with Crippen LogP contribution in [0.25, 0.3) is 0 Å². The number of nitrogens with two attached hydrogens (primary N) is 1. The highest BCUT2D eigenvalue weighted by atomic mass is 32.1. The van der Waals surface area contributed by atoms with Gasteiger partial charge in [0, 0.05) is 30.5 Å². The lowest BCUT2D eigenvalue weighted by Gasteiger charge is -2.30. The van der Waals surface area contributed by atoms with Crippen LogP contribution in [0.1, 0.15) is 23.8 Å². The molecule has 0 spiro atoms. The maximum Gasteiger partial charge on any atom is 0.141 e. The molecule has 1 aliphatic rings. The largest absolute Gasteiger partial charge is 0.329 e. The van der Waals surface area contributed by atoms with Gasteiger partial charge in [0.2, 0.25) is 0 Å². The van der Waals surface area contributed by atoms with E-state index in [2.05, 4.69) is 19.7 Å². The SMILES string of the molecule is NCCN1CCC(c2nnns2)CC1. The van der Waals surface area contributed by atoms with Crippen LogP contribution in [-0.2, 0) is 0 Å². The molecule has 2 N–H and O–H groups in total. The summed E-state index contributed by atoms with van der Waals surface area (Å²) in [5, 5.41) is 8.76. The molecule has 0 unspecified atom stereocenters. The van der Waals surface area contributed by atoms with Gasteiger partial charge in [-0.3, -0.25) is 0 Å². The van der Waals surface area contributed by atoms with Gasteiger partial charge >= 0.3 is 0 Å². The van der Waals surface area contributed by atoms with Gasteiger partial charge in [-0.25, -0.2) is 0 Å². The van der Waals surface area contributed by atoms with Crippen molar-refractivity contribution in [3.8, 4) is 0 Å². The molecule has 1 saturated heterocycles. The molecule has 0 amide bonds. The van der Waals surface area contributed by atoms with E-state index in [0.29, 0.717) is 5.92 Å². The number of hydrogen-bond donors (Lipinski definition) is 1. The molecule has 0 saturated carbocycles. The highest BCUT2D eigenvalue weighted by Gasteiger charge is 2.22. The standard InChI is InChI=1S/C8H15N5S/c9-3-6-13-4-1-7(2-5-13)8-10-11-12-14-8/h7H,1-6,9H2. The van der Waals surface area contributed by atoms with Crippen LogP contribution in [0, 0.1) is 0 Å². The average Bonchev–Trinajstić information content (AvgIpc) is 2.72. The minimum atomic E-state index is 0.573. The van der Waals surface area contributed by atoms with E-state index in [9.17, 15) is 0 Å². The van der Waals surface area contributed by atoms with Gasteiger partial charge in [-0.2, -0.15) is 0 Å². The molecule has 0 atom stereocenters. The highest BCUT2D eigenvalue weighted by Crippen LogP contribution is 2.27. The summed E-state index contributed by atoms with van der Waals surface area (Å²) in [4.78, 5) is 2.41. The molecule has 6 heteroatoms. The number of nitrogens with zero attached hydrogens (tertiary/aromatic N) is 4. The fraction of sp³-hybridized carbons (Fsp3) is 0.875. The van der Waals surface area contributed by atoms with E-state index < -0.39 is 0 Å². The third-order valence-electron chi connectivity index (χ3n) is 2.70. The zero-order valence-electron chi connectivity index (χ0n) is 8.09. The zero-order chi connectivity index (χ0) is 9.80. The molecule has 0 aliphatic carbocycles. The van der Waals surface area contributed by atoms with Crippen molar-refractivity contribution < 1.29 is 0 Å². The van der Waals surface area contributed by atoms with Gasteiger partial charge < -0.3 is 10.6 Å². The maximum atomic E-state index is 5.52. The second-order valence-corrected chi connectivity index (χ2v) is 4.37. The topological polar surface area (TPSA) is 67.9 Å². The molecular weight excluding hydrogens is 198 g/mol. The lowest BCUT2D eigenvalue weighted by molar-refractivity contribution is 0.217. The van der Waals surface area contributed by atoms with E-state index in [-0.39, 0.29) is 0 Å². The minimum Gasteiger partial charge on any atom is -0.329 e. The van der Waals surface area contributed by atoms with Crippen molar-refractivity contribution in [2.45, 2.75) is 18.8 Å². The van der Waals surface area contributed by atoms with E-state index in [4.69, 9.17) is 5.73 Å². The van der Waals surface area contributed by atoms with Crippen molar-refractivity contribution in [1.82, 2.24) is 19.7 Å². The second-order valence-electron chi connectivity index (χ2n) is 3.61. The first-order valence-corrected chi connectivity index (χ1v) is 5.75. The Morgan fingerprint density at radius 2 is 2.21 bits per heavy atom. The Hall–Kier alpha value is -0.590. The first-order valence-electron chi connectivity index (χ1n) is 4.97. The van der Waals surface area contributed by atoms with E-state index in [1.54, 1.807) is 0 Å². The van der Waals surface area contributed by atoms with Gasteiger partial charge in [0.1, 0.15) is 5.01 Å². The molecule has 1 fully saturated rings. The van der Waals surface area contributed by atoms with Crippen molar-refractivity contribution in [2.75, 3.05) is 26.2 Å². The van der Waals surface area contributed by atoms with Crippen LogP contribution < -0.4 is 5.73 Å². The van der Waals surface area contributed by atoms with Crippen molar-refractivity contribution in [1.29, 1.82) is 0 Å². The van der Waals surface area contributed by atoms with Gasteiger partial charge in [0.15, 0.2) is 0 Å². The molecule has 14 heavy (non-hydrogen) atoms. The molecule has 1 aromatic rings. The van der Waals surface area contributed by atoms with Gasteiger partial charge in [0.25, 0.3) is 0 Å². The van der Waals surface area contributed by atoms with Gasteiger partial charge in [0.05, 0.1) is 0 Å². The Morgan fingerprint density at radius 1 is 1.43 bits per heavy atom. The summed E-state index contributed by atoms with van der Waals surface area (Å²) in [6.45, 7) is 4.02. The molecule has 1 aliphatic heterocycles. The van der Waals surface area contributed by atoms with Crippen LogP contribution >= 0.6 is 11.5 Å². The van der Waals surface area contributed by atoms with Crippen LogP contribution in [0.5, 0.6) is 0 Å². The van der Waals surface area contributed by atoms with Crippen LogP contribution in [-0.4, -0.2) is 45.9 Å². The summed E-state index contributed by atoms with van der Waals surface area (Å²) in [5.74, 6) is 0.573. The van der Waals surface area contributed by atoms with E-state index >= 15 is 0 Å². The third kappa shape index (κ3) is 2.26. The first-order chi connectivity index (χ1) is 6.90. The second kappa shape index (κ2) is 4.77. The fourth-order valence-electron chi connectivity index (χ4n) is 1.88. The Balaban J connectivity index is 1.84. The van der Waals surface area contributed by atoms with E-state index in [1.807, 2.05) is 0 Å². The molecule has 2 heterocycles. The molecule has 0 bridgehead atoms. The van der Waals surface area contributed by atoms with Crippen LogP contribution in [0.3, 0.4) is 0 Å². The van der Waals surface area contributed by atoms with Crippen LogP contribution in [0.15, 0.2) is 0 Å². The van der Waals surface area contributed by atoms with Gasteiger partial charge in [-0.05, 0) is 31.1 Å². The maximum absolute atomic E-state index is 5.52. The monoisotopic (exact) mass is 213 g/mol. The van der Waals surface area contributed by atoms with Crippen molar-refractivity contribution in [2.24, 2.45) is 5.73 Å². The predicted octanol–water partition coefficient (Wildman–Crippen LogP) is 0.0712. The number of piperidine rings is 1. The lowest BCUT2D eigenvalue weighted by atomic mass is 9.98. The number of aromatic nitrogens is 3. The summed E-state index contributed by atoms with van der Waals surface area (Å²) in [6.07, 6.45) is 2.33. The molecule has 0 aromatic carbocycles. The summed E-state index contributed by atoms with van der Waals surface area (Å²) in [6, 6.07) is 0. The Kier molecular flexibility index (Phi) is 3.39. The normalized spacial score (nSPS) is 20.1. The fourth-order valence-corrected chi connectivity index (χ4v) is 2.50. The zero-order valence-corrected chi connectivity index (χ0v) is 8.91. The third-order valence-corrected chi connectivity index (χ3v) is 3.45. The van der Waals surface area contributed by atoms with E-state index in [0.717, 1.165) is 44.0 Å². The van der Waals surface area contributed by atoms with Crippen LogP contribution in [0.4, 0.5) is 0 Å². The molecule has 5 nitrogen and oxygen atoms in total. The molecular formula is C8H15N5S. The predicted molar refractivity (Wildman–Crippen MR) is 55.2 cm³/mol. The van der Waals surface area contributed by atoms with Gasteiger partial charge in [-0.15, -0.1) is 5.10 Å². The van der Waals surface area contributed by atoms with Gasteiger partial charge in [-0.1, -0.05) is 4.49 Å². The van der Waals surface area contributed by atoms with Crippen LogP contribution in [0.2, 0.25) is 0 Å². The van der Waals surface area contributed by atoms with Crippen molar-refractivity contribution in [3.63, 3.8) is 0 Å². The summed E-state index contributed by atoms with van der Waals surface area (Å²) >= 11 is 1.43. The Morgan fingerprint density at radius 3 is 2.79 bits per heavy atom. The molecule has 0 radical (unpaired) electrons. The highest BCUT2D eigenvalue weighted by molar-refractivity contribution is 7.05. The molecule has 2 rings (SSSR count). The number of hydrogen-bond acceptors (Lipinski definition) is 6. The van der Waals surface area contributed by atoms with E-state index in [1.165, 1.54) is 11.5 Å². The smallest absolute Gasteiger partial charge is 0.141 e.